The highest BCUT2D eigenvalue weighted by atomic mass is 14.2. The van der Waals surface area contributed by atoms with Crippen LogP contribution in [0.15, 0.2) is 133 Å². The summed E-state index contributed by atoms with van der Waals surface area (Å²) in [7, 11) is 0. The van der Waals surface area contributed by atoms with E-state index in [1.165, 1.54) is 76.1 Å². The molecule has 0 aliphatic carbocycles. The SMILES string of the molecule is c1ccc2cc(-c3ccc4cc(-c5cccc6ccccc56)c5cccc6ccc3c4c65)ccc2c1. The zero-order chi connectivity index (χ0) is 23.6. The maximum absolute atomic E-state index is 2.40. The van der Waals surface area contributed by atoms with Crippen LogP contribution in [0.25, 0.3) is 76.1 Å². The Kier molecular flexibility index (Phi) is 4.03. The zero-order valence-electron chi connectivity index (χ0n) is 19.7. The second kappa shape index (κ2) is 7.41. The van der Waals surface area contributed by atoms with Crippen LogP contribution in [0.4, 0.5) is 0 Å². The van der Waals surface area contributed by atoms with Crippen molar-refractivity contribution in [1.29, 1.82) is 0 Å². The second-order valence-electron chi connectivity index (χ2n) is 9.74. The molecule has 8 aromatic carbocycles. The standard InChI is InChI=1S/C36H22/c1-2-9-26-21-27(16-15-23(26)7-1)30-19-18-28-22-34(31-13-5-10-24-8-3-4-12-29(24)31)32-14-6-11-25-17-20-33(30)36(28)35(25)32/h1-22H. The topological polar surface area (TPSA) is 0 Å². The lowest BCUT2D eigenvalue weighted by Gasteiger charge is -2.18. The molecule has 0 amide bonds. The highest BCUT2D eigenvalue weighted by Crippen LogP contribution is 2.44. The maximum Gasteiger partial charge on any atom is -0.00201 e. The molecule has 0 N–H and O–H groups in total. The second-order valence-corrected chi connectivity index (χ2v) is 9.74. The summed E-state index contributed by atoms with van der Waals surface area (Å²) in [6.45, 7) is 0. The van der Waals surface area contributed by atoms with Gasteiger partial charge in [-0.15, -0.1) is 0 Å². The van der Waals surface area contributed by atoms with Crippen molar-refractivity contribution in [3.63, 3.8) is 0 Å². The first-order valence-corrected chi connectivity index (χ1v) is 12.5. The third kappa shape index (κ3) is 2.76. The molecule has 0 atom stereocenters. The molecule has 0 nitrogen and oxygen atoms in total. The molecule has 0 saturated carbocycles. The molecule has 0 heterocycles. The average molecular weight is 455 g/mol. The van der Waals surface area contributed by atoms with Crippen molar-refractivity contribution >= 4 is 53.9 Å². The Morgan fingerprint density at radius 2 is 0.917 bits per heavy atom. The van der Waals surface area contributed by atoms with Gasteiger partial charge in [-0.3, -0.25) is 0 Å². The molecule has 0 saturated heterocycles. The molecule has 0 unspecified atom stereocenters. The summed E-state index contributed by atoms with van der Waals surface area (Å²) in [5.41, 5.74) is 5.15. The minimum absolute atomic E-state index is 1.26. The van der Waals surface area contributed by atoms with E-state index in [0.717, 1.165) is 0 Å². The molecule has 0 radical (unpaired) electrons. The molecule has 0 heteroatoms. The van der Waals surface area contributed by atoms with E-state index in [1.54, 1.807) is 0 Å². The Morgan fingerprint density at radius 1 is 0.278 bits per heavy atom. The molecule has 0 fully saturated rings. The largest absolute Gasteiger partial charge is 0.0616 e. The van der Waals surface area contributed by atoms with Crippen LogP contribution >= 0.6 is 0 Å². The van der Waals surface area contributed by atoms with Crippen molar-refractivity contribution in [1.82, 2.24) is 0 Å². The van der Waals surface area contributed by atoms with Gasteiger partial charge < -0.3 is 0 Å². The Labute approximate surface area is 209 Å². The number of hydrogen-bond acceptors (Lipinski definition) is 0. The summed E-state index contributed by atoms with van der Waals surface area (Å²) in [6, 6.07) is 49.1. The maximum atomic E-state index is 2.40. The van der Waals surface area contributed by atoms with Crippen LogP contribution in [-0.2, 0) is 0 Å². The lowest BCUT2D eigenvalue weighted by Crippen LogP contribution is -1.91. The lowest BCUT2D eigenvalue weighted by molar-refractivity contribution is 1.68. The fourth-order valence-electron chi connectivity index (χ4n) is 6.12. The van der Waals surface area contributed by atoms with E-state index in [-0.39, 0.29) is 0 Å². The van der Waals surface area contributed by atoms with E-state index in [2.05, 4.69) is 133 Å². The van der Waals surface area contributed by atoms with Gasteiger partial charge >= 0.3 is 0 Å². The summed E-state index contributed by atoms with van der Waals surface area (Å²) in [5, 5.41) is 13.1. The minimum atomic E-state index is 1.26. The predicted molar refractivity (Wildman–Crippen MR) is 156 cm³/mol. The molecule has 0 bridgehead atoms. The molecule has 8 rings (SSSR count). The summed E-state index contributed by atoms with van der Waals surface area (Å²) < 4.78 is 0. The van der Waals surface area contributed by atoms with Crippen LogP contribution in [0.5, 0.6) is 0 Å². The molecular weight excluding hydrogens is 432 g/mol. The van der Waals surface area contributed by atoms with Crippen LogP contribution in [0.1, 0.15) is 0 Å². The number of rotatable bonds is 2. The van der Waals surface area contributed by atoms with E-state index in [4.69, 9.17) is 0 Å². The summed E-state index contributed by atoms with van der Waals surface area (Å²) in [6.07, 6.45) is 0. The molecular formula is C36H22. The Morgan fingerprint density at radius 3 is 1.86 bits per heavy atom. The van der Waals surface area contributed by atoms with E-state index in [1.807, 2.05) is 0 Å². The van der Waals surface area contributed by atoms with Crippen LogP contribution < -0.4 is 0 Å². The van der Waals surface area contributed by atoms with Gasteiger partial charge in [0.1, 0.15) is 0 Å². The zero-order valence-corrected chi connectivity index (χ0v) is 19.7. The quantitative estimate of drug-likeness (QED) is 0.228. The van der Waals surface area contributed by atoms with Crippen molar-refractivity contribution in [2.45, 2.75) is 0 Å². The van der Waals surface area contributed by atoms with Crippen LogP contribution in [0.2, 0.25) is 0 Å². The van der Waals surface area contributed by atoms with E-state index in [0.29, 0.717) is 0 Å². The van der Waals surface area contributed by atoms with Crippen molar-refractivity contribution in [3.8, 4) is 22.3 Å². The van der Waals surface area contributed by atoms with Gasteiger partial charge in [-0.25, -0.2) is 0 Å². The number of hydrogen-bond donors (Lipinski definition) is 0. The van der Waals surface area contributed by atoms with Crippen molar-refractivity contribution in [2.24, 2.45) is 0 Å². The van der Waals surface area contributed by atoms with Crippen LogP contribution in [0.3, 0.4) is 0 Å². The van der Waals surface area contributed by atoms with Gasteiger partial charge in [-0.1, -0.05) is 121 Å². The molecule has 0 spiro atoms. The van der Waals surface area contributed by atoms with Gasteiger partial charge in [0.2, 0.25) is 0 Å². The van der Waals surface area contributed by atoms with Gasteiger partial charge in [0.15, 0.2) is 0 Å². The van der Waals surface area contributed by atoms with Crippen molar-refractivity contribution < 1.29 is 0 Å². The van der Waals surface area contributed by atoms with Crippen LogP contribution in [0, 0.1) is 0 Å². The first-order chi connectivity index (χ1) is 17.8. The molecule has 0 aliphatic rings. The summed E-state index contributed by atoms with van der Waals surface area (Å²) in [5.74, 6) is 0. The van der Waals surface area contributed by atoms with Gasteiger partial charge in [-0.05, 0) is 88.2 Å². The average Bonchev–Trinajstić information content (AvgIpc) is 2.95. The third-order valence-electron chi connectivity index (χ3n) is 7.78. The van der Waals surface area contributed by atoms with E-state index >= 15 is 0 Å². The first kappa shape index (κ1) is 19.6. The number of benzene rings is 8. The monoisotopic (exact) mass is 454 g/mol. The lowest BCUT2D eigenvalue weighted by atomic mass is 9.85. The smallest absolute Gasteiger partial charge is 0.00201 e. The molecule has 0 aromatic heterocycles. The molecule has 166 valence electrons. The van der Waals surface area contributed by atoms with Gasteiger partial charge in [-0.2, -0.15) is 0 Å². The molecule has 36 heavy (non-hydrogen) atoms. The van der Waals surface area contributed by atoms with Gasteiger partial charge in [0, 0.05) is 0 Å². The molecule has 0 aliphatic heterocycles. The van der Waals surface area contributed by atoms with Crippen molar-refractivity contribution in [2.75, 3.05) is 0 Å². The first-order valence-electron chi connectivity index (χ1n) is 12.5. The van der Waals surface area contributed by atoms with Gasteiger partial charge in [0.05, 0.1) is 0 Å². The molecule has 8 aromatic rings. The van der Waals surface area contributed by atoms with E-state index in [9.17, 15) is 0 Å². The predicted octanol–water partition coefficient (Wildman–Crippen LogP) is 10.2. The fourth-order valence-corrected chi connectivity index (χ4v) is 6.12. The Balaban J connectivity index is 1.47. The normalized spacial score (nSPS) is 11.9. The summed E-state index contributed by atoms with van der Waals surface area (Å²) >= 11 is 0. The fraction of sp³-hybridized carbons (Fsp3) is 0. The van der Waals surface area contributed by atoms with Crippen LogP contribution in [-0.4, -0.2) is 0 Å². The van der Waals surface area contributed by atoms with Crippen molar-refractivity contribution in [3.05, 3.63) is 133 Å². The highest BCUT2D eigenvalue weighted by Gasteiger charge is 2.16. The number of fused-ring (bicyclic) bond motifs is 2. The third-order valence-corrected chi connectivity index (χ3v) is 7.78. The Hall–Kier alpha value is -4.68. The van der Waals surface area contributed by atoms with Gasteiger partial charge in [0.25, 0.3) is 0 Å². The van der Waals surface area contributed by atoms with E-state index < -0.39 is 0 Å². The minimum Gasteiger partial charge on any atom is -0.0616 e. The Bertz CT molecular complexity index is 2090. The highest BCUT2D eigenvalue weighted by molar-refractivity contribution is 6.29. The summed E-state index contributed by atoms with van der Waals surface area (Å²) in [4.78, 5) is 0.